The highest BCUT2D eigenvalue weighted by atomic mass is 16.3. The maximum Gasteiger partial charge on any atom is 0.237 e. The molecule has 0 bridgehead atoms. The predicted octanol–water partition coefficient (Wildman–Crippen LogP) is 1.45. The van der Waals surface area contributed by atoms with Crippen molar-refractivity contribution in [2.24, 2.45) is 17.3 Å². The summed E-state index contributed by atoms with van der Waals surface area (Å²) in [5.41, 5.74) is -0.146. The van der Waals surface area contributed by atoms with Gasteiger partial charge in [0.15, 0.2) is 0 Å². The second-order valence-electron chi connectivity index (χ2n) is 5.43. The van der Waals surface area contributed by atoms with E-state index in [4.69, 9.17) is 5.26 Å². The standard InChI is InChI=1S/C13H22N2O2/c1-10(2)11(7-14)12(17)15-8-13(9-16)5-3-4-6-13/h10-11,16H,3-6,8-9H2,1-2H3,(H,15,17). The Bertz CT molecular complexity index is 301. The van der Waals surface area contributed by atoms with Gasteiger partial charge in [0.05, 0.1) is 12.7 Å². The number of nitriles is 1. The van der Waals surface area contributed by atoms with Gasteiger partial charge in [-0.25, -0.2) is 0 Å². The molecule has 4 nitrogen and oxygen atoms in total. The molecule has 4 heteroatoms. The maximum atomic E-state index is 11.8. The smallest absolute Gasteiger partial charge is 0.237 e. The summed E-state index contributed by atoms with van der Waals surface area (Å²) in [6, 6.07) is 2.03. The number of carbonyl (C=O) groups is 1. The first-order chi connectivity index (χ1) is 8.04. The lowest BCUT2D eigenvalue weighted by Crippen LogP contribution is -2.41. The molecule has 0 heterocycles. The number of aliphatic hydroxyl groups is 1. The van der Waals surface area contributed by atoms with Crippen molar-refractivity contribution in [2.45, 2.75) is 39.5 Å². The minimum atomic E-state index is -0.591. The van der Waals surface area contributed by atoms with Crippen molar-refractivity contribution in [3.63, 3.8) is 0 Å². The Morgan fingerprint density at radius 2 is 2.06 bits per heavy atom. The van der Waals surface area contributed by atoms with Crippen LogP contribution in [0.1, 0.15) is 39.5 Å². The molecule has 1 saturated carbocycles. The van der Waals surface area contributed by atoms with E-state index in [1.54, 1.807) is 0 Å². The first-order valence-corrected chi connectivity index (χ1v) is 6.33. The highest BCUT2D eigenvalue weighted by Crippen LogP contribution is 2.36. The summed E-state index contributed by atoms with van der Waals surface area (Å²) in [7, 11) is 0. The number of nitrogens with one attached hydrogen (secondary N) is 1. The van der Waals surface area contributed by atoms with Crippen molar-refractivity contribution in [3.8, 4) is 6.07 Å². The molecule has 1 unspecified atom stereocenters. The lowest BCUT2D eigenvalue weighted by molar-refractivity contribution is -0.125. The summed E-state index contributed by atoms with van der Waals surface area (Å²) in [5.74, 6) is -0.775. The average Bonchev–Trinajstić information content (AvgIpc) is 2.76. The SMILES string of the molecule is CC(C)C(C#N)C(=O)NCC1(CO)CCCC1. The van der Waals surface area contributed by atoms with Gasteiger partial charge in [-0.2, -0.15) is 5.26 Å². The number of hydrogen-bond donors (Lipinski definition) is 2. The van der Waals surface area contributed by atoms with Crippen molar-refractivity contribution in [2.75, 3.05) is 13.2 Å². The quantitative estimate of drug-likeness (QED) is 0.761. The molecule has 2 N–H and O–H groups in total. The van der Waals surface area contributed by atoms with Gasteiger partial charge in [-0.1, -0.05) is 26.7 Å². The molecule has 1 rings (SSSR count). The molecule has 1 aliphatic rings. The maximum absolute atomic E-state index is 11.8. The Balaban J connectivity index is 2.50. The van der Waals surface area contributed by atoms with Gasteiger partial charge in [0.2, 0.25) is 5.91 Å². The van der Waals surface area contributed by atoms with Gasteiger partial charge in [0.1, 0.15) is 5.92 Å². The van der Waals surface area contributed by atoms with Crippen LogP contribution in [-0.4, -0.2) is 24.2 Å². The van der Waals surface area contributed by atoms with E-state index in [1.165, 1.54) is 0 Å². The van der Waals surface area contributed by atoms with E-state index < -0.39 is 5.92 Å². The Hall–Kier alpha value is -1.08. The van der Waals surface area contributed by atoms with Gasteiger partial charge in [0, 0.05) is 12.0 Å². The van der Waals surface area contributed by atoms with E-state index in [0.29, 0.717) is 6.54 Å². The highest BCUT2D eigenvalue weighted by Gasteiger charge is 2.34. The number of carbonyl (C=O) groups excluding carboxylic acids is 1. The largest absolute Gasteiger partial charge is 0.396 e. The summed E-state index contributed by atoms with van der Waals surface area (Å²) in [5, 5.41) is 21.2. The summed E-state index contributed by atoms with van der Waals surface area (Å²) in [6.07, 6.45) is 4.15. The molecule has 0 aromatic carbocycles. The molecule has 1 atom stereocenters. The van der Waals surface area contributed by atoms with Crippen LogP contribution < -0.4 is 5.32 Å². The fraction of sp³-hybridized carbons (Fsp3) is 0.846. The zero-order valence-electron chi connectivity index (χ0n) is 10.7. The molecule has 0 aromatic heterocycles. The van der Waals surface area contributed by atoms with Crippen LogP contribution in [0.4, 0.5) is 0 Å². The molecule has 96 valence electrons. The van der Waals surface area contributed by atoms with Crippen LogP contribution >= 0.6 is 0 Å². The number of amides is 1. The molecule has 17 heavy (non-hydrogen) atoms. The van der Waals surface area contributed by atoms with Gasteiger partial charge in [-0.3, -0.25) is 4.79 Å². The van der Waals surface area contributed by atoms with Gasteiger partial charge in [0.25, 0.3) is 0 Å². The van der Waals surface area contributed by atoms with E-state index in [0.717, 1.165) is 25.7 Å². The molecular weight excluding hydrogens is 216 g/mol. The Kier molecular flexibility index (Phi) is 4.95. The normalized spacial score (nSPS) is 19.9. The van der Waals surface area contributed by atoms with Crippen LogP contribution in [0.15, 0.2) is 0 Å². The molecule has 1 amide bonds. The Labute approximate surface area is 103 Å². The van der Waals surface area contributed by atoms with Crippen molar-refractivity contribution in [3.05, 3.63) is 0 Å². The predicted molar refractivity (Wildman–Crippen MR) is 64.9 cm³/mol. The lowest BCUT2D eigenvalue weighted by atomic mass is 9.86. The van der Waals surface area contributed by atoms with E-state index in [9.17, 15) is 9.90 Å². The van der Waals surface area contributed by atoms with E-state index in [1.807, 2.05) is 19.9 Å². The third kappa shape index (κ3) is 3.44. The third-order valence-electron chi connectivity index (χ3n) is 3.73. The summed E-state index contributed by atoms with van der Waals surface area (Å²) in [4.78, 5) is 11.8. The number of hydrogen-bond acceptors (Lipinski definition) is 3. The minimum absolute atomic E-state index is 0.0219. The van der Waals surface area contributed by atoms with Crippen molar-refractivity contribution < 1.29 is 9.90 Å². The zero-order chi connectivity index (χ0) is 12.9. The van der Waals surface area contributed by atoms with Gasteiger partial charge in [-0.05, 0) is 18.8 Å². The van der Waals surface area contributed by atoms with Crippen LogP contribution in [-0.2, 0) is 4.79 Å². The first-order valence-electron chi connectivity index (χ1n) is 6.33. The molecule has 0 radical (unpaired) electrons. The molecule has 1 aliphatic carbocycles. The second-order valence-corrected chi connectivity index (χ2v) is 5.43. The third-order valence-corrected chi connectivity index (χ3v) is 3.73. The fourth-order valence-corrected chi connectivity index (χ4v) is 2.41. The summed E-state index contributed by atoms with van der Waals surface area (Å²) in [6.45, 7) is 4.34. The van der Waals surface area contributed by atoms with Gasteiger partial charge < -0.3 is 10.4 Å². The number of aliphatic hydroxyl groups excluding tert-OH is 1. The number of rotatable bonds is 5. The minimum Gasteiger partial charge on any atom is -0.396 e. The summed E-state index contributed by atoms with van der Waals surface area (Å²) >= 11 is 0. The molecule has 0 aliphatic heterocycles. The zero-order valence-corrected chi connectivity index (χ0v) is 10.7. The van der Waals surface area contributed by atoms with E-state index in [-0.39, 0.29) is 23.8 Å². The van der Waals surface area contributed by atoms with Crippen LogP contribution in [0.3, 0.4) is 0 Å². The monoisotopic (exact) mass is 238 g/mol. The van der Waals surface area contributed by atoms with Crippen LogP contribution in [0.2, 0.25) is 0 Å². The van der Waals surface area contributed by atoms with Gasteiger partial charge in [-0.15, -0.1) is 0 Å². The molecule has 1 fully saturated rings. The molecular formula is C13H22N2O2. The van der Waals surface area contributed by atoms with Crippen LogP contribution in [0.25, 0.3) is 0 Å². The van der Waals surface area contributed by atoms with Crippen LogP contribution in [0.5, 0.6) is 0 Å². The lowest BCUT2D eigenvalue weighted by Gasteiger charge is -2.27. The Morgan fingerprint density at radius 3 is 2.47 bits per heavy atom. The molecule has 0 saturated heterocycles. The fourth-order valence-electron chi connectivity index (χ4n) is 2.41. The molecule has 0 spiro atoms. The van der Waals surface area contributed by atoms with Crippen molar-refractivity contribution in [1.82, 2.24) is 5.32 Å². The highest BCUT2D eigenvalue weighted by molar-refractivity contribution is 5.81. The average molecular weight is 238 g/mol. The van der Waals surface area contributed by atoms with E-state index in [2.05, 4.69) is 5.32 Å². The van der Waals surface area contributed by atoms with E-state index >= 15 is 0 Å². The van der Waals surface area contributed by atoms with Crippen LogP contribution in [0, 0.1) is 28.6 Å². The van der Waals surface area contributed by atoms with Crippen molar-refractivity contribution in [1.29, 1.82) is 5.26 Å². The number of nitrogens with zero attached hydrogens (tertiary/aromatic N) is 1. The molecule has 0 aromatic rings. The second kappa shape index (κ2) is 6.02. The first kappa shape index (κ1) is 14.0. The van der Waals surface area contributed by atoms with Gasteiger partial charge >= 0.3 is 0 Å². The Morgan fingerprint density at radius 1 is 1.47 bits per heavy atom. The summed E-state index contributed by atoms with van der Waals surface area (Å²) < 4.78 is 0. The topological polar surface area (TPSA) is 73.1 Å². The van der Waals surface area contributed by atoms with Crippen molar-refractivity contribution >= 4 is 5.91 Å².